The van der Waals surface area contributed by atoms with Crippen LogP contribution in [0.5, 0.6) is 0 Å². The number of esters is 1. The molecule has 2 fully saturated rings. The van der Waals surface area contributed by atoms with Crippen molar-refractivity contribution in [1.82, 2.24) is 14.7 Å². The minimum atomic E-state index is -4.31. The maximum absolute atomic E-state index is 13.5. The highest BCUT2D eigenvalue weighted by Crippen LogP contribution is 2.64. The molecule has 0 radical (unpaired) electrons. The Kier molecular flexibility index (Phi) is 6.01. The van der Waals surface area contributed by atoms with Crippen molar-refractivity contribution in [3.63, 3.8) is 0 Å². The number of nitrogens with one attached hydrogen (secondary N) is 2. The summed E-state index contributed by atoms with van der Waals surface area (Å²) in [6.07, 6.45) is 2.31. The molecule has 38 heavy (non-hydrogen) atoms. The van der Waals surface area contributed by atoms with Gasteiger partial charge >= 0.3 is 5.97 Å². The third-order valence-corrected chi connectivity index (χ3v) is 9.28. The van der Waals surface area contributed by atoms with E-state index >= 15 is 0 Å². The van der Waals surface area contributed by atoms with Gasteiger partial charge in [0.15, 0.2) is 5.03 Å². The van der Waals surface area contributed by atoms with Gasteiger partial charge in [-0.1, -0.05) is 26.8 Å². The molecule has 2 aromatic heterocycles. The number of nitrogens with zero attached hydrogens (tertiary/aromatic N) is 3. The topological polar surface area (TPSA) is 131 Å². The summed E-state index contributed by atoms with van der Waals surface area (Å²) in [5, 5.41) is 2.74. The third-order valence-electron chi connectivity index (χ3n) is 8.05. The van der Waals surface area contributed by atoms with E-state index in [-0.39, 0.29) is 38.7 Å². The smallest absolute Gasteiger partial charge is 0.328 e. The number of amides is 1. The number of hydrogen-bond acceptors (Lipinski definition) is 9. The van der Waals surface area contributed by atoms with Crippen LogP contribution in [0.15, 0.2) is 35.4 Å². The van der Waals surface area contributed by atoms with E-state index in [1.807, 2.05) is 20.8 Å². The Balaban J connectivity index is 1.66. The molecule has 1 aliphatic carbocycles. The van der Waals surface area contributed by atoms with Crippen molar-refractivity contribution in [2.24, 2.45) is 11.3 Å². The predicted molar refractivity (Wildman–Crippen MR) is 142 cm³/mol. The second-order valence-electron chi connectivity index (χ2n) is 12.4. The zero-order valence-corrected chi connectivity index (χ0v) is 23.5. The Morgan fingerprint density at radius 2 is 1.89 bits per heavy atom. The molecule has 1 amide bonds. The standard InChI is InChI=1S/C27H35N5O5S/c1-25(2,3)19-11-10-17-22(29-19)32-15-27(14-26(32,4)5)13-16(27)12-18(24(34)37-6)28-20-8-7-9-21(30-20)38(35,36)31-23(17)33/h7-11,16,18H,12-15H2,1-6H3,(H,28,30)(H,31,33). The highest BCUT2D eigenvalue weighted by molar-refractivity contribution is 7.90. The number of fused-ring (bicyclic) bond motifs is 5. The zero-order chi connectivity index (χ0) is 27.7. The molecule has 3 atom stereocenters. The van der Waals surface area contributed by atoms with Crippen molar-refractivity contribution in [3.05, 3.63) is 41.6 Å². The van der Waals surface area contributed by atoms with Crippen molar-refractivity contribution in [1.29, 1.82) is 0 Å². The van der Waals surface area contributed by atoms with Gasteiger partial charge in [0.25, 0.3) is 15.9 Å². The molecule has 1 saturated heterocycles. The summed E-state index contributed by atoms with van der Waals surface area (Å²) in [5.41, 5.74) is 0.330. The van der Waals surface area contributed by atoms with E-state index in [0.29, 0.717) is 18.8 Å². The first kappa shape index (κ1) is 26.4. The summed E-state index contributed by atoms with van der Waals surface area (Å²) < 4.78 is 33.7. The molecule has 204 valence electrons. The van der Waals surface area contributed by atoms with Gasteiger partial charge in [-0.3, -0.25) is 4.79 Å². The Morgan fingerprint density at radius 1 is 1.16 bits per heavy atom. The van der Waals surface area contributed by atoms with Crippen LogP contribution in [0.25, 0.3) is 0 Å². The summed E-state index contributed by atoms with van der Waals surface area (Å²) in [5.74, 6) is -0.277. The summed E-state index contributed by atoms with van der Waals surface area (Å²) in [6.45, 7) is 11.0. The molecule has 10 nitrogen and oxygen atoms in total. The van der Waals surface area contributed by atoms with Gasteiger partial charge in [0.1, 0.15) is 17.7 Å². The van der Waals surface area contributed by atoms with Crippen LogP contribution in [0, 0.1) is 11.3 Å². The van der Waals surface area contributed by atoms with Gasteiger partial charge in [-0.2, -0.15) is 8.42 Å². The lowest BCUT2D eigenvalue weighted by molar-refractivity contribution is -0.141. The number of methoxy groups -OCH3 is 1. The largest absolute Gasteiger partial charge is 0.467 e. The van der Waals surface area contributed by atoms with E-state index in [1.165, 1.54) is 19.2 Å². The molecule has 4 heterocycles. The number of carbonyl (C=O) groups is 2. The molecule has 2 aromatic rings. The normalized spacial score (nSPS) is 27.5. The molecule has 0 aromatic carbocycles. The van der Waals surface area contributed by atoms with Crippen molar-refractivity contribution in [3.8, 4) is 0 Å². The lowest BCUT2D eigenvalue weighted by Gasteiger charge is -2.34. The number of sulfonamides is 1. The molecular weight excluding hydrogens is 506 g/mol. The second kappa shape index (κ2) is 8.65. The Hall–Kier alpha value is -3.21. The number of pyridine rings is 2. The van der Waals surface area contributed by atoms with Crippen LogP contribution in [-0.2, 0) is 25.0 Å². The average Bonchev–Trinajstić information content (AvgIpc) is 3.40. The van der Waals surface area contributed by atoms with E-state index in [9.17, 15) is 18.0 Å². The lowest BCUT2D eigenvalue weighted by atomic mass is 9.90. The summed E-state index contributed by atoms with van der Waals surface area (Å²) >= 11 is 0. The minimum absolute atomic E-state index is 0.0495. The maximum Gasteiger partial charge on any atom is 0.328 e. The van der Waals surface area contributed by atoms with Gasteiger partial charge in [-0.25, -0.2) is 19.5 Å². The molecule has 11 heteroatoms. The van der Waals surface area contributed by atoms with Crippen molar-refractivity contribution in [2.75, 3.05) is 23.9 Å². The first-order valence-electron chi connectivity index (χ1n) is 12.8. The quantitative estimate of drug-likeness (QED) is 0.523. The molecule has 2 N–H and O–H groups in total. The van der Waals surface area contributed by atoms with Crippen LogP contribution in [0.1, 0.15) is 69.9 Å². The Bertz CT molecular complexity index is 1420. The Morgan fingerprint density at radius 3 is 2.58 bits per heavy atom. The molecule has 1 saturated carbocycles. The monoisotopic (exact) mass is 541 g/mol. The van der Waals surface area contributed by atoms with Crippen LogP contribution in [0.4, 0.5) is 11.6 Å². The fraction of sp³-hybridized carbons (Fsp3) is 0.556. The zero-order valence-electron chi connectivity index (χ0n) is 22.7. The number of anilines is 2. The lowest BCUT2D eigenvalue weighted by Crippen LogP contribution is -2.41. The number of hydrogen-bond donors (Lipinski definition) is 2. The maximum atomic E-state index is 13.5. The van der Waals surface area contributed by atoms with Gasteiger partial charge in [-0.05, 0) is 68.7 Å². The number of rotatable bonds is 1. The number of carbonyl (C=O) groups excluding carboxylic acids is 2. The molecule has 1 spiro atoms. The Labute approximate surface area is 223 Å². The van der Waals surface area contributed by atoms with Gasteiger partial charge in [0.05, 0.1) is 12.7 Å². The number of aromatic nitrogens is 2. The first-order chi connectivity index (χ1) is 17.6. The third kappa shape index (κ3) is 4.61. The van der Waals surface area contributed by atoms with Crippen LogP contribution in [0.3, 0.4) is 0 Å². The highest BCUT2D eigenvalue weighted by Gasteiger charge is 2.63. The molecule has 4 bridgehead atoms. The predicted octanol–water partition coefficient (Wildman–Crippen LogP) is 3.25. The summed E-state index contributed by atoms with van der Waals surface area (Å²) in [7, 11) is -2.98. The van der Waals surface area contributed by atoms with Crippen molar-refractivity contribution in [2.45, 2.75) is 75.9 Å². The van der Waals surface area contributed by atoms with Gasteiger partial charge in [0, 0.05) is 23.2 Å². The van der Waals surface area contributed by atoms with E-state index in [4.69, 9.17) is 9.72 Å². The van der Waals surface area contributed by atoms with Crippen LogP contribution in [-0.4, -0.2) is 55.5 Å². The minimum Gasteiger partial charge on any atom is -0.467 e. The molecule has 3 aliphatic rings. The van der Waals surface area contributed by atoms with Gasteiger partial charge in [0.2, 0.25) is 0 Å². The SMILES string of the molecule is COC(=O)C1CC2CC23CN(c2nc(C(C)(C)C)ccc2C(=O)NS(=O)(=O)c2cccc(n2)N1)C(C)(C)C3. The highest BCUT2D eigenvalue weighted by atomic mass is 32.2. The van der Waals surface area contributed by atoms with E-state index in [0.717, 1.165) is 18.5 Å². The van der Waals surface area contributed by atoms with E-state index in [1.54, 1.807) is 18.2 Å². The number of ether oxygens (including phenoxy) is 1. The van der Waals surface area contributed by atoms with Crippen molar-refractivity contribution >= 4 is 33.5 Å². The summed E-state index contributed by atoms with van der Waals surface area (Å²) in [6, 6.07) is 7.16. The van der Waals surface area contributed by atoms with E-state index in [2.05, 4.69) is 33.8 Å². The first-order valence-corrected chi connectivity index (χ1v) is 14.3. The van der Waals surface area contributed by atoms with Crippen LogP contribution in [0.2, 0.25) is 0 Å². The van der Waals surface area contributed by atoms with Crippen LogP contribution < -0.4 is 14.9 Å². The fourth-order valence-corrected chi connectivity index (χ4v) is 6.96. The van der Waals surface area contributed by atoms with Gasteiger partial charge in [-0.15, -0.1) is 0 Å². The molecule has 5 rings (SSSR count). The molecular formula is C27H35N5O5S. The van der Waals surface area contributed by atoms with Crippen LogP contribution >= 0.6 is 0 Å². The van der Waals surface area contributed by atoms with Crippen molar-refractivity contribution < 1.29 is 22.7 Å². The second-order valence-corrected chi connectivity index (χ2v) is 14.0. The fourth-order valence-electron chi connectivity index (χ4n) is 6.02. The molecule has 2 aliphatic heterocycles. The average molecular weight is 542 g/mol. The van der Waals surface area contributed by atoms with E-state index < -0.39 is 27.9 Å². The molecule has 3 unspecified atom stereocenters. The van der Waals surface area contributed by atoms with Gasteiger partial charge < -0.3 is 15.0 Å². The summed E-state index contributed by atoms with van der Waals surface area (Å²) in [4.78, 5) is 37.5.